The number of carbonyl (C=O) groups excluding carboxylic acids is 3. The Morgan fingerprint density at radius 2 is 1.81 bits per heavy atom. The fourth-order valence-corrected chi connectivity index (χ4v) is 5.04. The first-order valence-corrected chi connectivity index (χ1v) is 11.8. The normalized spacial score (nSPS) is 20.2. The number of rotatable bonds is 10. The van der Waals surface area contributed by atoms with Gasteiger partial charge in [0.2, 0.25) is 11.8 Å². The van der Waals surface area contributed by atoms with Crippen molar-refractivity contribution < 1.29 is 14.4 Å². The van der Waals surface area contributed by atoms with Gasteiger partial charge in [-0.3, -0.25) is 19.8 Å². The summed E-state index contributed by atoms with van der Waals surface area (Å²) in [4.78, 5) is 36.8. The minimum Gasteiger partial charge on any atom is -0.326 e. The third-order valence-corrected chi connectivity index (χ3v) is 7.05. The molecule has 3 aliphatic rings. The van der Waals surface area contributed by atoms with Gasteiger partial charge in [-0.05, 0) is 74.8 Å². The molecule has 7 heteroatoms. The molecule has 3 fully saturated rings. The van der Waals surface area contributed by atoms with Crippen molar-refractivity contribution >= 4 is 29.2 Å². The molecule has 7 nitrogen and oxygen atoms in total. The number of amides is 4. The molecule has 1 spiro atoms. The Morgan fingerprint density at radius 1 is 1.06 bits per heavy atom. The third kappa shape index (κ3) is 5.64. The minimum atomic E-state index is -0.404. The van der Waals surface area contributed by atoms with Crippen molar-refractivity contribution in [1.82, 2.24) is 10.6 Å². The molecule has 1 saturated heterocycles. The van der Waals surface area contributed by atoms with E-state index in [1.54, 1.807) is 24.3 Å². The van der Waals surface area contributed by atoms with Crippen LogP contribution in [0.4, 0.5) is 16.2 Å². The highest BCUT2D eigenvalue weighted by molar-refractivity contribution is 6.05. The minimum absolute atomic E-state index is 0.0208. The van der Waals surface area contributed by atoms with E-state index >= 15 is 0 Å². The average molecular weight is 427 g/mol. The highest BCUT2D eigenvalue weighted by Gasteiger charge is 2.47. The van der Waals surface area contributed by atoms with Crippen molar-refractivity contribution in [2.24, 2.45) is 5.41 Å². The van der Waals surface area contributed by atoms with E-state index in [4.69, 9.17) is 0 Å². The van der Waals surface area contributed by atoms with Gasteiger partial charge < -0.3 is 10.6 Å². The molecule has 2 saturated carbocycles. The van der Waals surface area contributed by atoms with E-state index in [-0.39, 0.29) is 11.8 Å². The predicted octanol–water partition coefficient (Wildman–Crippen LogP) is 3.94. The van der Waals surface area contributed by atoms with Gasteiger partial charge in [-0.1, -0.05) is 19.3 Å². The van der Waals surface area contributed by atoms with E-state index in [2.05, 4.69) is 16.0 Å². The van der Waals surface area contributed by atoms with E-state index in [0.29, 0.717) is 25.1 Å². The van der Waals surface area contributed by atoms with E-state index < -0.39 is 6.03 Å². The first kappa shape index (κ1) is 21.8. The summed E-state index contributed by atoms with van der Waals surface area (Å²) in [5.41, 5.74) is 2.17. The quantitative estimate of drug-likeness (QED) is 0.494. The van der Waals surface area contributed by atoms with E-state index in [0.717, 1.165) is 43.0 Å². The number of benzene rings is 1. The molecule has 1 aromatic carbocycles. The summed E-state index contributed by atoms with van der Waals surface area (Å²) >= 11 is 0. The number of imide groups is 1. The molecule has 4 amide bonds. The van der Waals surface area contributed by atoms with Gasteiger partial charge in [-0.25, -0.2) is 4.79 Å². The number of anilines is 2. The van der Waals surface area contributed by atoms with Crippen molar-refractivity contribution in [3.63, 3.8) is 0 Å². The monoisotopic (exact) mass is 426 g/mol. The first-order valence-electron chi connectivity index (χ1n) is 11.8. The second-order valence-corrected chi connectivity index (χ2v) is 9.43. The molecule has 1 aliphatic heterocycles. The summed E-state index contributed by atoms with van der Waals surface area (Å²) in [6.07, 6.45) is 12.3. The molecule has 2 aliphatic carbocycles. The molecule has 0 unspecified atom stereocenters. The smallest absolute Gasteiger partial charge is 0.326 e. The van der Waals surface area contributed by atoms with Crippen molar-refractivity contribution in [3.05, 3.63) is 24.3 Å². The van der Waals surface area contributed by atoms with Crippen molar-refractivity contribution in [2.75, 3.05) is 23.3 Å². The van der Waals surface area contributed by atoms with Gasteiger partial charge in [-0.15, -0.1) is 0 Å². The summed E-state index contributed by atoms with van der Waals surface area (Å²) < 4.78 is 0. The van der Waals surface area contributed by atoms with Gasteiger partial charge in [-0.2, -0.15) is 0 Å². The fourth-order valence-electron chi connectivity index (χ4n) is 5.04. The molecule has 0 atom stereocenters. The lowest BCUT2D eigenvalue weighted by Gasteiger charge is -2.54. The SMILES string of the molecule is O=C1CCN(c2ccc(NC(=O)CCCCCCNC3CC4(CCC4)C3)cc2)C(=O)N1. The van der Waals surface area contributed by atoms with Crippen LogP contribution in [-0.2, 0) is 9.59 Å². The second kappa shape index (κ2) is 9.81. The summed E-state index contributed by atoms with van der Waals surface area (Å²) in [7, 11) is 0. The maximum atomic E-state index is 12.2. The lowest BCUT2D eigenvalue weighted by Crippen LogP contribution is -2.52. The van der Waals surface area contributed by atoms with Crippen molar-refractivity contribution in [1.29, 1.82) is 0 Å². The molecule has 1 aromatic rings. The largest absolute Gasteiger partial charge is 0.328 e. The lowest BCUT2D eigenvalue weighted by molar-refractivity contribution is -0.120. The number of unbranched alkanes of at least 4 members (excludes halogenated alkanes) is 3. The molecule has 0 aromatic heterocycles. The molecular weight excluding hydrogens is 392 g/mol. The molecule has 0 bridgehead atoms. The maximum absolute atomic E-state index is 12.2. The summed E-state index contributed by atoms with van der Waals surface area (Å²) in [6, 6.07) is 7.50. The number of carbonyl (C=O) groups is 3. The molecular formula is C24H34N4O3. The van der Waals surface area contributed by atoms with Gasteiger partial charge in [0.1, 0.15) is 0 Å². The van der Waals surface area contributed by atoms with Crippen LogP contribution in [0.1, 0.15) is 70.6 Å². The van der Waals surface area contributed by atoms with Crippen LogP contribution >= 0.6 is 0 Å². The standard InChI is InChI=1S/C24H34N4O3/c29-21(6-3-1-2-4-14-25-19-16-24(17-19)12-5-13-24)26-18-7-9-20(10-8-18)28-15-11-22(30)27-23(28)31/h7-10,19,25H,1-6,11-17H2,(H,26,29)(H,27,30,31). The zero-order valence-electron chi connectivity index (χ0n) is 18.3. The summed E-state index contributed by atoms with van der Waals surface area (Å²) in [5.74, 6) is -0.228. The fraction of sp³-hybridized carbons (Fsp3) is 0.625. The maximum Gasteiger partial charge on any atom is 0.328 e. The molecule has 1 heterocycles. The second-order valence-electron chi connectivity index (χ2n) is 9.43. The highest BCUT2D eigenvalue weighted by Crippen LogP contribution is 2.55. The van der Waals surface area contributed by atoms with Crippen LogP contribution in [0.3, 0.4) is 0 Å². The van der Waals surface area contributed by atoms with Crippen LogP contribution in [-0.4, -0.2) is 37.0 Å². The number of hydrogen-bond donors (Lipinski definition) is 3. The molecule has 4 rings (SSSR count). The predicted molar refractivity (Wildman–Crippen MR) is 121 cm³/mol. The van der Waals surface area contributed by atoms with E-state index in [1.807, 2.05) is 0 Å². The Labute approximate surface area is 184 Å². The number of nitrogens with zero attached hydrogens (tertiary/aromatic N) is 1. The van der Waals surface area contributed by atoms with Crippen LogP contribution < -0.4 is 20.9 Å². The first-order chi connectivity index (χ1) is 15.0. The number of urea groups is 1. The Balaban J connectivity index is 1.05. The van der Waals surface area contributed by atoms with Gasteiger partial charge >= 0.3 is 6.03 Å². The topological polar surface area (TPSA) is 90.5 Å². The van der Waals surface area contributed by atoms with Crippen LogP contribution in [0.5, 0.6) is 0 Å². The average Bonchev–Trinajstić information content (AvgIpc) is 2.68. The highest BCUT2D eigenvalue weighted by atomic mass is 16.2. The molecule has 0 radical (unpaired) electrons. The van der Waals surface area contributed by atoms with Gasteiger partial charge in [0.05, 0.1) is 0 Å². The molecule has 3 N–H and O–H groups in total. The van der Waals surface area contributed by atoms with Gasteiger partial charge in [0, 0.05) is 36.8 Å². The van der Waals surface area contributed by atoms with Crippen LogP contribution in [0.2, 0.25) is 0 Å². The van der Waals surface area contributed by atoms with Crippen LogP contribution in [0.15, 0.2) is 24.3 Å². The van der Waals surface area contributed by atoms with Crippen LogP contribution in [0, 0.1) is 5.41 Å². The summed E-state index contributed by atoms with van der Waals surface area (Å²) in [5, 5.41) is 8.91. The van der Waals surface area contributed by atoms with Crippen LogP contribution in [0.25, 0.3) is 0 Å². The zero-order chi connectivity index (χ0) is 21.7. The van der Waals surface area contributed by atoms with E-state index in [1.165, 1.54) is 43.4 Å². The Hall–Kier alpha value is -2.41. The Kier molecular flexibility index (Phi) is 6.90. The number of hydrogen-bond acceptors (Lipinski definition) is 4. The Bertz CT molecular complexity index is 796. The van der Waals surface area contributed by atoms with E-state index in [9.17, 15) is 14.4 Å². The summed E-state index contributed by atoms with van der Waals surface area (Å²) in [6.45, 7) is 1.47. The number of nitrogens with one attached hydrogen (secondary N) is 3. The van der Waals surface area contributed by atoms with Crippen molar-refractivity contribution in [3.8, 4) is 0 Å². The molecule has 31 heavy (non-hydrogen) atoms. The van der Waals surface area contributed by atoms with Crippen molar-refractivity contribution in [2.45, 2.75) is 76.7 Å². The lowest BCUT2D eigenvalue weighted by atomic mass is 9.54. The zero-order valence-corrected chi connectivity index (χ0v) is 18.3. The van der Waals surface area contributed by atoms with Gasteiger partial charge in [0.25, 0.3) is 0 Å². The molecule has 168 valence electrons. The van der Waals surface area contributed by atoms with Gasteiger partial charge in [0.15, 0.2) is 0 Å². The third-order valence-electron chi connectivity index (χ3n) is 7.05. The Morgan fingerprint density at radius 3 is 2.48 bits per heavy atom.